The van der Waals surface area contributed by atoms with Gasteiger partial charge in [0.1, 0.15) is 0 Å². The van der Waals surface area contributed by atoms with Gasteiger partial charge in [0, 0.05) is 11.5 Å². The average Bonchev–Trinajstić information content (AvgIpc) is 2.27. The van der Waals surface area contributed by atoms with Crippen LogP contribution >= 0.6 is 11.6 Å². The molecule has 1 unspecified atom stereocenters. The lowest BCUT2D eigenvalue weighted by Crippen LogP contribution is -2.03. The van der Waals surface area contributed by atoms with Crippen molar-refractivity contribution in [2.45, 2.75) is 20.3 Å². The molecular formula is C11H11ClO. The monoisotopic (exact) mass is 194 g/mol. The number of halogens is 1. The van der Waals surface area contributed by atoms with E-state index < -0.39 is 0 Å². The van der Waals surface area contributed by atoms with Crippen LogP contribution in [0, 0.1) is 12.8 Å². The number of ketones is 1. The number of Topliss-reactive ketones (excluding diaryl/α,β-unsaturated/α-hetero) is 1. The van der Waals surface area contributed by atoms with Crippen LogP contribution in [0.3, 0.4) is 0 Å². The highest BCUT2D eigenvalue weighted by atomic mass is 35.5. The zero-order chi connectivity index (χ0) is 9.59. The zero-order valence-corrected chi connectivity index (χ0v) is 8.48. The number of hydrogen-bond acceptors (Lipinski definition) is 1. The van der Waals surface area contributed by atoms with Gasteiger partial charge in [0.25, 0.3) is 0 Å². The van der Waals surface area contributed by atoms with E-state index in [0.717, 1.165) is 23.1 Å². The number of rotatable bonds is 0. The summed E-state index contributed by atoms with van der Waals surface area (Å²) < 4.78 is 0. The summed E-state index contributed by atoms with van der Waals surface area (Å²) in [6.45, 7) is 3.95. The Hall–Kier alpha value is -0.820. The third kappa shape index (κ3) is 1.28. The van der Waals surface area contributed by atoms with E-state index in [2.05, 4.69) is 6.07 Å². The molecule has 0 aromatic heterocycles. The second kappa shape index (κ2) is 2.85. The van der Waals surface area contributed by atoms with Crippen molar-refractivity contribution >= 4 is 17.4 Å². The first-order valence-corrected chi connectivity index (χ1v) is 4.80. The van der Waals surface area contributed by atoms with E-state index in [0.29, 0.717) is 5.02 Å². The van der Waals surface area contributed by atoms with Crippen LogP contribution in [0.1, 0.15) is 28.4 Å². The van der Waals surface area contributed by atoms with Crippen LogP contribution in [0.25, 0.3) is 0 Å². The Morgan fingerprint density at radius 3 is 2.85 bits per heavy atom. The van der Waals surface area contributed by atoms with Gasteiger partial charge in [-0.2, -0.15) is 0 Å². The molecule has 0 saturated heterocycles. The Balaban J connectivity index is 2.64. The molecule has 1 aliphatic rings. The van der Waals surface area contributed by atoms with Gasteiger partial charge in [-0.15, -0.1) is 0 Å². The summed E-state index contributed by atoms with van der Waals surface area (Å²) in [5, 5.41) is 0.615. The maximum atomic E-state index is 11.6. The summed E-state index contributed by atoms with van der Waals surface area (Å²) in [6.07, 6.45) is 0.843. The molecule has 0 heterocycles. The van der Waals surface area contributed by atoms with Crippen molar-refractivity contribution in [2.24, 2.45) is 5.92 Å². The van der Waals surface area contributed by atoms with Gasteiger partial charge in [0.2, 0.25) is 0 Å². The van der Waals surface area contributed by atoms with Crippen LogP contribution in [0.5, 0.6) is 0 Å². The molecule has 1 aliphatic carbocycles. The smallest absolute Gasteiger partial charge is 0.167 e. The van der Waals surface area contributed by atoms with E-state index in [1.54, 1.807) is 0 Å². The van der Waals surface area contributed by atoms with E-state index in [1.807, 2.05) is 19.9 Å². The lowest BCUT2D eigenvalue weighted by Gasteiger charge is -2.01. The van der Waals surface area contributed by atoms with Crippen molar-refractivity contribution < 1.29 is 4.79 Å². The predicted molar refractivity (Wildman–Crippen MR) is 53.4 cm³/mol. The van der Waals surface area contributed by atoms with E-state index in [9.17, 15) is 4.79 Å². The van der Waals surface area contributed by atoms with Crippen molar-refractivity contribution in [3.05, 3.63) is 33.8 Å². The molecule has 2 heteroatoms. The molecule has 68 valence electrons. The fourth-order valence-electron chi connectivity index (χ4n) is 1.92. The summed E-state index contributed by atoms with van der Waals surface area (Å²) in [4.78, 5) is 11.6. The minimum atomic E-state index is 0.106. The highest BCUT2D eigenvalue weighted by molar-refractivity contribution is 6.34. The SMILES string of the molecule is Cc1cc(Cl)c2c(c1)CC(C)C2=O. The van der Waals surface area contributed by atoms with Gasteiger partial charge in [-0.1, -0.05) is 24.6 Å². The van der Waals surface area contributed by atoms with Gasteiger partial charge in [0.15, 0.2) is 5.78 Å². The third-order valence-electron chi connectivity index (χ3n) is 2.54. The summed E-state index contributed by atoms with van der Waals surface area (Å²) in [7, 11) is 0. The molecule has 0 aliphatic heterocycles. The van der Waals surface area contributed by atoms with Crippen LogP contribution < -0.4 is 0 Å². The van der Waals surface area contributed by atoms with Crippen LogP contribution in [-0.2, 0) is 6.42 Å². The predicted octanol–water partition coefficient (Wildman–Crippen LogP) is 3.02. The minimum absolute atomic E-state index is 0.106. The lowest BCUT2D eigenvalue weighted by atomic mass is 10.1. The third-order valence-corrected chi connectivity index (χ3v) is 2.83. The number of carbonyl (C=O) groups excluding carboxylic acids is 1. The van der Waals surface area contributed by atoms with Crippen molar-refractivity contribution in [2.75, 3.05) is 0 Å². The Labute approximate surface area is 82.7 Å². The Morgan fingerprint density at radius 1 is 1.46 bits per heavy atom. The number of benzene rings is 1. The van der Waals surface area contributed by atoms with Gasteiger partial charge in [-0.25, -0.2) is 0 Å². The molecule has 13 heavy (non-hydrogen) atoms. The van der Waals surface area contributed by atoms with Gasteiger partial charge < -0.3 is 0 Å². The zero-order valence-electron chi connectivity index (χ0n) is 7.73. The molecule has 1 atom stereocenters. The first kappa shape index (κ1) is 8.76. The Bertz CT molecular complexity index is 382. The normalized spacial score (nSPS) is 20.5. The van der Waals surface area contributed by atoms with E-state index in [1.165, 1.54) is 0 Å². The van der Waals surface area contributed by atoms with Crippen LogP contribution in [0.15, 0.2) is 12.1 Å². The fourth-order valence-corrected chi connectivity index (χ4v) is 2.31. The molecule has 0 bridgehead atoms. The summed E-state index contributed by atoms with van der Waals surface area (Å²) in [5.74, 6) is 0.300. The van der Waals surface area contributed by atoms with Gasteiger partial charge in [0.05, 0.1) is 5.02 Å². The van der Waals surface area contributed by atoms with Crippen molar-refractivity contribution in [3.63, 3.8) is 0 Å². The van der Waals surface area contributed by atoms with Gasteiger partial charge >= 0.3 is 0 Å². The molecule has 2 rings (SSSR count). The molecule has 0 saturated carbocycles. The van der Waals surface area contributed by atoms with E-state index >= 15 is 0 Å². The van der Waals surface area contributed by atoms with Gasteiger partial charge in [-0.3, -0.25) is 4.79 Å². The summed E-state index contributed by atoms with van der Waals surface area (Å²) in [5.41, 5.74) is 2.99. The number of aryl methyl sites for hydroxylation is 1. The van der Waals surface area contributed by atoms with E-state index in [4.69, 9.17) is 11.6 Å². The van der Waals surface area contributed by atoms with Crippen LogP contribution in [0.2, 0.25) is 5.02 Å². The molecular weight excluding hydrogens is 184 g/mol. The maximum absolute atomic E-state index is 11.6. The second-order valence-electron chi connectivity index (χ2n) is 3.75. The lowest BCUT2D eigenvalue weighted by molar-refractivity contribution is 0.0946. The molecule has 0 fully saturated rings. The first-order valence-electron chi connectivity index (χ1n) is 4.43. The minimum Gasteiger partial charge on any atom is -0.294 e. The Morgan fingerprint density at radius 2 is 2.15 bits per heavy atom. The quantitative estimate of drug-likeness (QED) is 0.621. The number of carbonyl (C=O) groups is 1. The molecule has 0 N–H and O–H groups in total. The summed E-state index contributed by atoms with van der Waals surface area (Å²) in [6, 6.07) is 3.92. The first-order chi connectivity index (χ1) is 6.09. The van der Waals surface area contributed by atoms with Crippen molar-refractivity contribution in [1.29, 1.82) is 0 Å². The van der Waals surface area contributed by atoms with Crippen molar-refractivity contribution in [3.8, 4) is 0 Å². The molecule has 1 aromatic carbocycles. The standard InChI is InChI=1S/C11H11ClO/c1-6-3-8-5-7(2)11(13)10(8)9(12)4-6/h3-4,7H,5H2,1-2H3. The number of fused-ring (bicyclic) bond motifs is 1. The van der Waals surface area contributed by atoms with Crippen LogP contribution in [0.4, 0.5) is 0 Å². The molecule has 0 radical (unpaired) electrons. The topological polar surface area (TPSA) is 17.1 Å². The van der Waals surface area contributed by atoms with Gasteiger partial charge in [-0.05, 0) is 30.5 Å². The highest BCUT2D eigenvalue weighted by Gasteiger charge is 2.29. The van der Waals surface area contributed by atoms with E-state index in [-0.39, 0.29) is 11.7 Å². The number of hydrogen-bond donors (Lipinski definition) is 0. The summed E-state index contributed by atoms with van der Waals surface area (Å²) >= 11 is 6.01. The largest absolute Gasteiger partial charge is 0.294 e. The second-order valence-corrected chi connectivity index (χ2v) is 4.16. The molecule has 1 nitrogen and oxygen atoms in total. The molecule has 0 amide bonds. The average molecular weight is 195 g/mol. The highest BCUT2D eigenvalue weighted by Crippen LogP contribution is 2.32. The van der Waals surface area contributed by atoms with Crippen LogP contribution in [-0.4, -0.2) is 5.78 Å². The Kier molecular flexibility index (Phi) is 1.92. The fraction of sp³-hybridized carbons (Fsp3) is 0.364. The molecule has 0 spiro atoms. The molecule has 1 aromatic rings. The van der Waals surface area contributed by atoms with Crippen molar-refractivity contribution in [1.82, 2.24) is 0 Å². The maximum Gasteiger partial charge on any atom is 0.167 e.